The molecule has 1 rings (SSSR count). The van der Waals surface area contributed by atoms with E-state index in [0.29, 0.717) is 6.42 Å². The van der Waals surface area contributed by atoms with Crippen molar-refractivity contribution in [2.75, 3.05) is 0 Å². The molecule has 0 radical (unpaired) electrons. The van der Waals surface area contributed by atoms with Crippen molar-refractivity contribution >= 4 is 17.9 Å². The number of carbonyl (C=O) groups is 2. The van der Waals surface area contributed by atoms with Crippen LogP contribution in [0.4, 0.5) is 0 Å². The number of aliphatic imine (C=N–C) groups is 1. The molecule has 0 aliphatic heterocycles. The molecule has 0 aromatic heterocycles. The van der Waals surface area contributed by atoms with Crippen LogP contribution >= 0.6 is 0 Å². The van der Waals surface area contributed by atoms with Gasteiger partial charge in [0, 0.05) is 13.1 Å². The minimum atomic E-state index is -0.452. The zero-order chi connectivity index (χ0) is 12.8. The Morgan fingerprint density at radius 3 is 2.35 bits per heavy atom. The highest BCUT2D eigenvalue weighted by atomic mass is 16.1. The zero-order valence-corrected chi connectivity index (χ0v) is 10.0. The monoisotopic (exact) mass is 232 g/mol. The van der Waals surface area contributed by atoms with Gasteiger partial charge in [-0.3, -0.25) is 9.59 Å². The van der Waals surface area contributed by atoms with Crippen LogP contribution in [0, 0.1) is 0 Å². The first-order valence-corrected chi connectivity index (χ1v) is 5.38. The molecule has 0 saturated heterocycles. The average Bonchev–Trinajstić information content (AvgIpc) is 2.28. The minimum absolute atomic E-state index is 0.0211. The van der Waals surface area contributed by atoms with Crippen LogP contribution in [0.25, 0.3) is 0 Å². The number of nitrogens with two attached hydrogens (primary N) is 1. The van der Waals surface area contributed by atoms with Crippen molar-refractivity contribution in [3.8, 4) is 0 Å². The molecular weight excluding hydrogens is 216 g/mol. The third kappa shape index (κ3) is 4.70. The SMILES string of the molecule is CC(=O)/N=C/c1ccc(CC(N)C(C)=O)cc1. The van der Waals surface area contributed by atoms with Crippen molar-refractivity contribution in [3.63, 3.8) is 0 Å². The van der Waals surface area contributed by atoms with E-state index in [1.54, 1.807) is 0 Å². The van der Waals surface area contributed by atoms with E-state index >= 15 is 0 Å². The van der Waals surface area contributed by atoms with Crippen molar-refractivity contribution in [2.24, 2.45) is 10.7 Å². The second kappa shape index (κ2) is 6.06. The summed E-state index contributed by atoms with van der Waals surface area (Å²) < 4.78 is 0. The first kappa shape index (κ1) is 13.3. The van der Waals surface area contributed by atoms with Crippen LogP contribution < -0.4 is 5.73 Å². The molecule has 90 valence electrons. The number of nitrogens with zero attached hydrogens (tertiary/aromatic N) is 1. The molecule has 0 aliphatic rings. The van der Waals surface area contributed by atoms with Gasteiger partial charge in [0.1, 0.15) is 5.78 Å². The number of rotatable bonds is 4. The summed E-state index contributed by atoms with van der Waals surface area (Å²) in [6.07, 6.45) is 2.04. The van der Waals surface area contributed by atoms with Gasteiger partial charge in [-0.25, -0.2) is 4.99 Å². The Morgan fingerprint density at radius 2 is 1.88 bits per heavy atom. The summed E-state index contributed by atoms with van der Waals surface area (Å²) in [6, 6.07) is 6.99. The fourth-order valence-electron chi connectivity index (χ4n) is 1.30. The van der Waals surface area contributed by atoms with Crippen LogP contribution in [0.5, 0.6) is 0 Å². The summed E-state index contributed by atoms with van der Waals surface area (Å²) in [7, 11) is 0. The van der Waals surface area contributed by atoms with Crippen LogP contribution in [0.1, 0.15) is 25.0 Å². The third-order valence-corrected chi connectivity index (χ3v) is 2.35. The van der Waals surface area contributed by atoms with Crippen molar-refractivity contribution in [1.82, 2.24) is 0 Å². The zero-order valence-electron chi connectivity index (χ0n) is 10.0. The lowest BCUT2D eigenvalue weighted by Crippen LogP contribution is -2.30. The quantitative estimate of drug-likeness (QED) is 0.790. The Labute approximate surface area is 101 Å². The van der Waals surface area contributed by atoms with E-state index in [1.807, 2.05) is 24.3 Å². The van der Waals surface area contributed by atoms with Gasteiger partial charge in [-0.1, -0.05) is 24.3 Å². The molecule has 0 heterocycles. The van der Waals surface area contributed by atoms with Gasteiger partial charge in [-0.15, -0.1) is 0 Å². The maximum absolute atomic E-state index is 11.0. The van der Waals surface area contributed by atoms with Gasteiger partial charge < -0.3 is 5.73 Å². The minimum Gasteiger partial charge on any atom is -0.321 e. The lowest BCUT2D eigenvalue weighted by atomic mass is 10.0. The molecule has 4 heteroatoms. The normalized spacial score (nSPS) is 12.6. The number of amides is 1. The smallest absolute Gasteiger partial charge is 0.242 e. The van der Waals surface area contributed by atoms with Gasteiger partial charge in [0.05, 0.1) is 6.04 Å². The van der Waals surface area contributed by atoms with Crippen molar-refractivity contribution in [1.29, 1.82) is 0 Å². The van der Waals surface area contributed by atoms with Crippen LogP contribution in [0.15, 0.2) is 29.3 Å². The van der Waals surface area contributed by atoms with Gasteiger partial charge in [0.2, 0.25) is 5.91 Å². The average molecular weight is 232 g/mol. The van der Waals surface area contributed by atoms with Crippen molar-refractivity contribution in [3.05, 3.63) is 35.4 Å². The molecule has 1 unspecified atom stereocenters. The number of carbonyl (C=O) groups excluding carboxylic acids is 2. The van der Waals surface area contributed by atoms with Gasteiger partial charge >= 0.3 is 0 Å². The summed E-state index contributed by atoms with van der Waals surface area (Å²) in [6.45, 7) is 2.88. The fraction of sp³-hybridized carbons (Fsp3) is 0.308. The van der Waals surface area contributed by atoms with Gasteiger partial charge in [0.15, 0.2) is 0 Å². The molecule has 2 N–H and O–H groups in total. The van der Waals surface area contributed by atoms with E-state index in [0.717, 1.165) is 11.1 Å². The molecule has 1 amide bonds. The Bertz CT molecular complexity index is 435. The molecule has 0 spiro atoms. The van der Waals surface area contributed by atoms with E-state index in [9.17, 15) is 9.59 Å². The highest BCUT2D eigenvalue weighted by Crippen LogP contribution is 2.05. The Kier molecular flexibility index (Phi) is 4.72. The molecule has 17 heavy (non-hydrogen) atoms. The number of ketones is 1. The lowest BCUT2D eigenvalue weighted by Gasteiger charge is -2.07. The van der Waals surface area contributed by atoms with Crippen LogP contribution in [0.3, 0.4) is 0 Å². The van der Waals surface area contributed by atoms with E-state index in [-0.39, 0.29) is 11.7 Å². The molecule has 1 atom stereocenters. The molecule has 1 aromatic rings. The summed E-state index contributed by atoms with van der Waals surface area (Å²) in [4.78, 5) is 25.3. The van der Waals surface area contributed by atoms with Crippen LogP contribution in [-0.2, 0) is 16.0 Å². The number of benzene rings is 1. The van der Waals surface area contributed by atoms with Crippen molar-refractivity contribution in [2.45, 2.75) is 26.3 Å². The predicted octanol–water partition coefficient (Wildman–Crippen LogP) is 1.11. The molecule has 0 fully saturated rings. The first-order valence-electron chi connectivity index (χ1n) is 5.38. The second-order valence-electron chi connectivity index (χ2n) is 3.94. The molecule has 1 aromatic carbocycles. The Balaban J connectivity index is 2.68. The van der Waals surface area contributed by atoms with Crippen molar-refractivity contribution < 1.29 is 9.59 Å². The van der Waals surface area contributed by atoms with Gasteiger partial charge in [0.25, 0.3) is 0 Å². The highest BCUT2D eigenvalue weighted by molar-refractivity contribution is 5.90. The molecule has 0 aliphatic carbocycles. The van der Waals surface area contributed by atoms with Gasteiger partial charge in [-0.05, 0) is 24.5 Å². The van der Waals surface area contributed by atoms with E-state index in [2.05, 4.69) is 4.99 Å². The summed E-state index contributed by atoms with van der Waals surface area (Å²) >= 11 is 0. The lowest BCUT2D eigenvalue weighted by molar-refractivity contribution is -0.118. The van der Waals surface area contributed by atoms with E-state index in [1.165, 1.54) is 20.1 Å². The number of Topliss-reactive ketones (excluding diaryl/α,β-unsaturated/α-hetero) is 1. The molecule has 4 nitrogen and oxygen atoms in total. The number of hydrogen-bond donors (Lipinski definition) is 1. The highest BCUT2D eigenvalue weighted by Gasteiger charge is 2.08. The second-order valence-corrected chi connectivity index (χ2v) is 3.94. The summed E-state index contributed by atoms with van der Waals surface area (Å²) in [5.74, 6) is -0.250. The van der Waals surface area contributed by atoms with Gasteiger partial charge in [-0.2, -0.15) is 0 Å². The predicted molar refractivity (Wildman–Crippen MR) is 67.1 cm³/mol. The largest absolute Gasteiger partial charge is 0.321 e. The van der Waals surface area contributed by atoms with E-state index < -0.39 is 6.04 Å². The first-order chi connectivity index (χ1) is 7.99. The van der Waals surface area contributed by atoms with E-state index in [4.69, 9.17) is 5.73 Å². The topological polar surface area (TPSA) is 72.5 Å². The number of hydrogen-bond acceptors (Lipinski definition) is 3. The Hall–Kier alpha value is -1.81. The maximum atomic E-state index is 11.0. The van der Waals surface area contributed by atoms with Crippen LogP contribution in [-0.4, -0.2) is 23.9 Å². The summed E-state index contributed by atoms with van der Waals surface area (Å²) in [5, 5.41) is 0. The third-order valence-electron chi connectivity index (χ3n) is 2.35. The molecular formula is C13H16N2O2. The Morgan fingerprint density at radius 1 is 1.29 bits per heavy atom. The molecule has 0 saturated carbocycles. The van der Waals surface area contributed by atoms with Crippen LogP contribution in [0.2, 0.25) is 0 Å². The maximum Gasteiger partial charge on any atom is 0.242 e. The standard InChI is InChI=1S/C13H16N2O2/c1-9(16)13(14)7-11-3-5-12(6-4-11)8-15-10(2)17/h3-6,8,13H,7,14H2,1-2H3/b15-8+. The summed E-state index contributed by atoms with van der Waals surface area (Å²) in [5.41, 5.74) is 7.51. The molecule has 0 bridgehead atoms. The fourth-order valence-corrected chi connectivity index (χ4v) is 1.30.